The van der Waals surface area contributed by atoms with E-state index in [2.05, 4.69) is 0 Å². The molecule has 0 amide bonds. The summed E-state index contributed by atoms with van der Waals surface area (Å²) in [6.45, 7) is 0. The van der Waals surface area contributed by atoms with Gasteiger partial charge in [0.25, 0.3) is 0 Å². The summed E-state index contributed by atoms with van der Waals surface area (Å²) in [6, 6.07) is 7.91. The van der Waals surface area contributed by atoms with E-state index in [0.717, 1.165) is 12.1 Å². The minimum Gasteiger partial charge on any atom is -0.475 e. The first-order valence-corrected chi connectivity index (χ1v) is 6.73. The number of carboxylic acid groups (broad SMARTS) is 1. The maximum absolute atomic E-state index is 13.1. The quantitative estimate of drug-likeness (QED) is 0.933. The van der Waals surface area contributed by atoms with Gasteiger partial charge in [0.15, 0.2) is 5.09 Å². The van der Waals surface area contributed by atoms with Gasteiger partial charge in [0.1, 0.15) is 5.82 Å². The van der Waals surface area contributed by atoms with Gasteiger partial charge in [-0.05, 0) is 35.9 Å². The number of rotatable bonds is 4. The number of benzene rings is 1. The highest BCUT2D eigenvalue weighted by molar-refractivity contribution is 7.84. The Morgan fingerprint density at radius 3 is 2.75 bits per heavy atom. The summed E-state index contributed by atoms with van der Waals surface area (Å²) >= 11 is 0. The molecule has 0 bridgehead atoms. The van der Waals surface area contributed by atoms with Crippen molar-refractivity contribution in [3.05, 3.63) is 53.0 Å². The molecule has 1 aromatic heterocycles. The molecule has 0 aliphatic rings. The largest absolute Gasteiger partial charge is 0.475 e. The van der Waals surface area contributed by atoms with E-state index in [1.807, 2.05) is 6.07 Å². The Labute approximate surface area is 115 Å². The summed E-state index contributed by atoms with van der Waals surface area (Å²) in [4.78, 5) is 10.7. The monoisotopic (exact) mass is 293 g/mol. The number of carboxylic acids is 1. The number of nitriles is 1. The van der Waals surface area contributed by atoms with Crippen LogP contribution in [0.25, 0.3) is 0 Å². The lowest BCUT2D eigenvalue weighted by Crippen LogP contribution is -1.99. The van der Waals surface area contributed by atoms with Crippen LogP contribution in [0.15, 0.2) is 39.8 Å². The maximum atomic E-state index is 13.1. The third-order valence-corrected chi connectivity index (χ3v) is 3.73. The van der Waals surface area contributed by atoms with Crippen LogP contribution in [-0.4, -0.2) is 15.3 Å². The van der Waals surface area contributed by atoms with Gasteiger partial charge in [0.05, 0.1) is 28.2 Å². The average molecular weight is 293 g/mol. The fourth-order valence-electron chi connectivity index (χ4n) is 1.56. The summed E-state index contributed by atoms with van der Waals surface area (Å²) in [5, 5.41) is 17.6. The maximum Gasteiger partial charge on any atom is 0.371 e. The fourth-order valence-corrected chi connectivity index (χ4v) is 2.63. The third kappa shape index (κ3) is 2.92. The van der Waals surface area contributed by atoms with E-state index >= 15 is 0 Å². The van der Waals surface area contributed by atoms with Crippen LogP contribution >= 0.6 is 0 Å². The predicted molar refractivity (Wildman–Crippen MR) is 66.9 cm³/mol. The van der Waals surface area contributed by atoms with E-state index in [-0.39, 0.29) is 27.7 Å². The van der Waals surface area contributed by atoms with E-state index in [1.54, 1.807) is 0 Å². The zero-order valence-electron chi connectivity index (χ0n) is 10.00. The molecule has 0 aliphatic carbocycles. The number of carbonyl (C=O) groups is 1. The Balaban J connectivity index is 2.25. The van der Waals surface area contributed by atoms with Crippen molar-refractivity contribution in [3.63, 3.8) is 0 Å². The van der Waals surface area contributed by atoms with Gasteiger partial charge in [-0.1, -0.05) is 0 Å². The minimum atomic E-state index is -1.70. The highest BCUT2D eigenvalue weighted by Gasteiger charge is 2.16. The van der Waals surface area contributed by atoms with E-state index in [4.69, 9.17) is 14.8 Å². The van der Waals surface area contributed by atoms with E-state index in [9.17, 15) is 13.4 Å². The second-order valence-corrected chi connectivity index (χ2v) is 5.21. The number of nitrogens with zero attached hydrogens (tertiary/aromatic N) is 1. The normalized spacial score (nSPS) is 11.8. The molecule has 0 spiro atoms. The number of halogens is 1. The molecule has 2 rings (SSSR count). The first-order valence-electron chi connectivity index (χ1n) is 5.41. The van der Waals surface area contributed by atoms with Gasteiger partial charge < -0.3 is 9.52 Å². The summed E-state index contributed by atoms with van der Waals surface area (Å²) in [5.74, 6) is -2.26. The molecule has 20 heavy (non-hydrogen) atoms. The van der Waals surface area contributed by atoms with Gasteiger partial charge in [0, 0.05) is 0 Å². The Morgan fingerprint density at radius 1 is 1.40 bits per heavy atom. The van der Waals surface area contributed by atoms with Gasteiger partial charge in [-0.2, -0.15) is 5.26 Å². The van der Waals surface area contributed by atoms with Crippen molar-refractivity contribution >= 4 is 16.8 Å². The summed E-state index contributed by atoms with van der Waals surface area (Å²) < 4.78 is 30.1. The number of aromatic carboxylic acids is 1. The van der Waals surface area contributed by atoms with Gasteiger partial charge in [-0.15, -0.1) is 0 Å². The lowest BCUT2D eigenvalue weighted by Gasteiger charge is -2.02. The van der Waals surface area contributed by atoms with Crippen LogP contribution in [0.2, 0.25) is 0 Å². The van der Waals surface area contributed by atoms with Crippen molar-refractivity contribution in [3.8, 4) is 6.07 Å². The number of hydrogen-bond donors (Lipinski definition) is 1. The van der Waals surface area contributed by atoms with E-state index in [1.165, 1.54) is 18.2 Å². The predicted octanol–water partition coefficient (Wildman–Crippen LogP) is 2.30. The summed E-state index contributed by atoms with van der Waals surface area (Å²) in [7, 11) is -1.70. The highest BCUT2D eigenvalue weighted by atomic mass is 32.2. The molecule has 1 heterocycles. The van der Waals surface area contributed by atoms with Gasteiger partial charge in [-0.3, -0.25) is 4.21 Å². The Morgan fingerprint density at radius 2 is 2.15 bits per heavy atom. The SMILES string of the molecule is N#Cc1ccc(F)cc1CS(=O)c1ccc(C(=O)O)o1. The molecular formula is C13H8FNO4S. The van der Waals surface area contributed by atoms with Crippen LogP contribution in [0.5, 0.6) is 0 Å². The Kier molecular flexibility index (Phi) is 3.96. The van der Waals surface area contributed by atoms with Crippen LogP contribution in [0, 0.1) is 17.1 Å². The minimum absolute atomic E-state index is 0.0319. The van der Waals surface area contributed by atoms with Crippen LogP contribution in [-0.2, 0) is 16.6 Å². The van der Waals surface area contributed by atoms with Crippen molar-refractivity contribution < 1.29 is 22.9 Å². The Hall–Kier alpha value is -2.46. The van der Waals surface area contributed by atoms with Crippen molar-refractivity contribution in [1.82, 2.24) is 0 Å². The molecule has 1 atom stereocenters. The van der Waals surface area contributed by atoms with Crippen LogP contribution in [0.4, 0.5) is 4.39 Å². The van der Waals surface area contributed by atoms with Crippen molar-refractivity contribution in [2.24, 2.45) is 0 Å². The molecule has 1 unspecified atom stereocenters. The van der Waals surface area contributed by atoms with Crippen LogP contribution in [0.3, 0.4) is 0 Å². The average Bonchev–Trinajstić information content (AvgIpc) is 2.89. The lowest BCUT2D eigenvalue weighted by atomic mass is 10.1. The molecule has 7 heteroatoms. The van der Waals surface area contributed by atoms with Gasteiger partial charge in [-0.25, -0.2) is 9.18 Å². The Bertz CT molecular complexity index is 732. The number of hydrogen-bond acceptors (Lipinski definition) is 4. The van der Waals surface area contributed by atoms with Crippen LogP contribution < -0.4 is 0 Å². The third-order valence-electron chi connectivity index (χ3n) is 2.49. The second-order valence-electron chi connectivity index (χ2n) is 3.83. The molecule has 0 fully saturated rings. The summed E-state index contributed by atoms with van der Waals surface area (Å²) in [5.41, 5.74) is 0.490. The lowest BCUT2D eigenvalue weighted by molar-refractivity contribution is 0.0656. The van der Waals surface area contributed by atoms with E-state index < -0.39 is 22.6 Å². The zero-order chi connectivity index (χ0) is 14.7. The van der Waals surface area contributed by atoms with E-state index in [0.29, 0.717) is 0 Å². The standard InChI is InChI=1S/C13H8FNO4S/c14-10-2-1-8(6-15)9(5-10)7-20(18)12-4-3-11(19-12)13(16)17/h1-5H,7H2,(H,16,17). The molecule has 0 aliphatic heterocycles. The molecule has 0 saturated carbocycles. The molecule has 102 valence electrons. The highest BCUT2D eigenvalue weighted by Crippen LogP contribution is 2.18. The van der Waals surface area contributed by atoms with Gasteiger partial charge >= 0.3 is 5.97 Å². The van der Waals surface area contributed by atoms with Crippen molar-refractivity contribution in [2.45, 2.75) is 10.8 Å². The van der Waals surface area contributed by atoms with Crippen molar-refractivity contribution in [1.29, 1.82) is 5.26 Å². The van der Waals surface area contributed by atoms with Gasteiger partial charge in [0.2, 0.25) is 5.76 Å². The molecule has 5 nitrogen and oxygen atoms in total. The zero-order valence-corrected chi connectivity index (χ0v) is 10.8. The van der Waals surface area contributed by atoms with Crippen molar-refractivity contribution in [2.75, 3.05) is 0 Å². The number of furan rings is 1. The molecule has 2 aromatic rings. The van der Waals surface area contributed by atoms with Crippen LogP contribution in [0.1, 0.15) is 21.7 Å². The molecule has 0 saturated heterocycles. The second kappa shape index (κ2) is 5.67. The smallest absolute Gasteiger partial charge is 0.371 e. The topological polar surface area (TPSA) is 91.3 Å². The first-order chi connectivity index (χ1) is 9.51. The molecule has 0 radical (unpaired) electrons. The molecule has 1 aromatic carbocycles. The first kappa shape index (κ1) is 14.0. The molecule has 1 N–H and O–H groups in total. The summed E-state index contributed by atoms with van der Waals surface area (Å²) in [6.07, 6.45) is 0. The molecular weight excluding hydrogens is 285 g/mol. The fraction of sp³-hybridized carbons (Fsp3) is 0.0769.